The third-order valence-electron chi connectivity index (χ3n) is 2.18. The maximum absolute atomic E-state index is 11.4. The number of hydrogen-bond acceptors (Lipinski definition) is 5. The largest absolute Gasteiger partial charge is 0.346 e. The van der Waals surface area contributed by atoms with E-state index in [1.807, 2.05) is 0 Å². The number of aryl methyl sites for hydroxylation is 1. The number of H-pyrrole nitrogens is 1. The van der Waals surface area contributed by atoms with Gasteiger partial charge in [0.25, 0.3) is 0 Å². The van der Waals surface area contributed by atoms with Gasteiger partial charge in [-0.05, 0) is 12.2 Å². The van der Waals surface area contributed by atoms with Crippen molar-refractivity contribution in [1.82, 2.24) is 9.97 Å². The summed E-state index contributed by atoms with van der Waals surface area (Å²) in [7, 11) is -3.41. The third kappa shape index (κ3) is 2.07. The summed E-state index contributed by atoms with van der Waals surface area (Å²) in [6, 6.07) is 0. The molecule has 82 valence electrons. The second kappa shape index (κ2) is 3.64. The fourth-order valence-corrected chi connectivity index (χ4v) is 3.53. The van der Waals surface area contributed by atoms with E-state index in [0.29, 0.717) is 23.4 Å². The number of nitrogens with zero attached hydrogens (tertiary/aromatic N) is 1. The molecule has 0 fully saturated rings. The van der Waals surface area contributed by atoms with E-state index in [0.717, 1.165) is 12.0 Å². The first kappa shape index (κ1) is 10.7. The fourth-order valence-electron chi connectivity index (χ4n) is 1.54. The summed E-state index contributed by atoms with van der Waals surface area (Å²) < 4.78 is 22.9. The van der Waals surface area contributed by atoms with Gasteiger partial charge >= 0.3 is 5.69 Å². The van der Waals surface area contributed by atoms with E-state index < -0.39 is 15.5 Å². The van der Waals surface area contributed by atoms with E-state index in [9.17, 15) is 13.2 Å². The Bertz CT molecular complexity index is 547. The molecule has 1 N–H and O–H groups in total. The highest BCUT2D eigenvalue weighted by molar-refractivity contribution is 7.98. The maximum Gasteiger partial charge on any atom is 0.346 e. The summed E-state index contributed by atoms with van der Waals surface area (Å²) in [6.45, 7) is 0. The van der Waals surface area contributed by atoms with Crippen LogP contribution in [0.3, 0.4) is 0 Å². The normalized spacial score (nSPS) is 16.1. The molecule has 1 aromatic rings. The van der Waals surface area contributed by atoms with Crippen LogP contribution in [-0.2, 0) is 22.0 Å². The standard InChI is InChI=1S/C8H10N2O3S2/c1-15(12,13)7-5-4-14-3-2-6(5)9-8(11)10-7/h2-4H2,1H3,(H,9,10,11). The van der Waals surface area contributed by atoms with Crippen molar-refractivity contribution in [1.29, 1.82) is 0 Å². The molecule has 1 aliphatic heterocycles. The predicted octanol–water partition coefficient (Wildman–Crippen LogP) is -0.0373. The molecule has 0 aromatic carbocycles. The highest BCUT2D eigenvalue weighted by Gasteiger charge is 2.22. The van der Waals surface area contributed by atoms with Gasteiger partial charge in [0.1, 0.15) is 0 Å². The van der Waals surface area contributed by atoms with E-state index in [1.54, 1.807) is 11.8 Å². The molecule has 15 heavy (non-hydrogen) atoms. The van der Waals surface area contributed by atoms with E-state index >= 15 is 0 Å². The highest BCUT2D eigenvalue weighted by atomic mass is 32.2. The number of aromatic nitrogens is 2. The van der Waals surface area contributed by atoms with Crippen molar-refractivity contribution in [2.45, 2.75) is 17.2 Å². The van der Waals surface area contributed by atoms with Crippen LogP contribution in [0.2, 0.25) is 0 Å². The number of aromatic amines is 1. The fraction of sp³-hybridized carbons (Fsp3) is 0.500. The zero-order valence-electron chi connectivity index (χ0n) is 8.11. The third-order valence-corrected chi connectivity index (χ3v) is 4.20. The summed E-state index contributed by atoms with van der Waals surface area (Å²) in [6.07, 6.45) is 1.77. The van der Waals surface area contributed by atoms with Crippen LogP contribution in [0.4, 0.5) is 0 Å². The van der Waals surface area contributed by atoms with Crippen molar-refractivity contribution in [2.24, 2.45) is 0 Å². The first-order chi connectivity index (χ1) is 6.98. The molecule has 0 saturated heterocycles. The van der Waals surface area contributed by atoms with Crippen molar-refractivity contribution in [2.75, 3.05) is 12.0 Å². The Balaban J connectivity index is 2.74. The van der Waals surface area contributed by atoms with Gasteiger partial charge in [0, 0.05) is 23.3 Å². The van der Waals surface area contributed by atoms with Crippen molar-refractivity contribution < 1.29 is 8.42 Å². The SMILES string of the molecule is CS(=O)(=O)c1nc(=O)[nH]c2c1CSCC2. The lowest BCUT2D eigenvalue weighted by molar-refractivity contribution is 0.595. The zero-order chi connectivity index (χ0) is 11.1. The Hall–Kier alpha value is -0.820. The minimum Gasteiger partial charge on any atom is -0.309 e. The van der Waals surface area contributed by atoms with Crippen molar-refractivity contribution >= 4 is 21.6 Å². The van der Waals surface area contributed by atoms with E-state index in [-0.39, 0.29) is 5.03 Å². The van der Waals surface area contributed by atoms with Gasteiger partial charge in [-0.25, -0.2) is 13.2 Å². The lowest BCUT2D eigenvalue weighted by Crippen LogP contribution is -2.23. The van der Waals surface area contributed by atoms with Gasteiger partial charge in [0.2, 0.25) is 0 Å². The van der Waals surface area contributed by atoms with Gasteiger partial charge in [-0.15, -0.1) is 0 Å². The van der Waals surface area contributed by atoms with E-state index in [2.05, 4.69) is 9.97 Å². The van der Waals surface area contributed by atoms with Crippen molar-refractivity contribution in [3.05, 3.63) is 21.7 Å². The molecule has 0 atom stereocenters. The number of hydrogen-bond donors (Lipinski definition) is 1. The van der Waals surface area contributed by atoms with Gasteiger partial charge in [-0.2, -0.15) is 16.7 Å². The first-order valence-corrected chi connectivity index (χ1v) is 7.43. The number of nitrogens with one attached hydrogen (secondary N) is 1. The molecule has 7 heteroatoms. The average molecular weight is 246 g/mol. The monoisotopic (exact) mass is 246 g/mol. The predicted molar refractivity (Wildman–Crippen MR) is 57.8 cm³/mol. The van der Waals surface area contributed by atoms with Crippen molar-refractivity contribution in [3.8, 4) is 0 Å². The highest BCUT2D eigenvalue weighted by Crippen LogP contribution is 2.26. The number of fused-ring (bicyclic) bond motifs is 1. The van der Waals surface area contributed by atoms with Crippen LogP contribution in [0.15, 0.2) is 9.82 Å². The number of rotatable bonds is 1. The molecule has 2 rings (SSSR count). The maximum atomic E-state index is 11.4. The summed E-state index contributed by atoms with van der Waals surface area (Å²) in [5.41, 5.74) is 0.795. The Morgan fingerprint density at radius 1 is 1.47 bits per heavy atom. The molecule has 0 aliphatic carbocycles. The van der Waals surface area contributed by atoms with Crippen LogP contribution < -0.4 is 5.69 Å². The summed E-state index contributed by atoms with van der Waals surface area (Å²) in [5, 5.41) is -0.0616. The number of thioether (sulfide) groups is 1. The molecule has 1 aliphatic rings. The Morgan fingerprint density at radius 2 is 2.20 bits per heavy atom. The zero-order valence-corrected chi connectivity index (χ0v) is 9.74. The molecule has 0 radical (unpaired) electrons. The minimum atomic E-state index is -3.41. The molecule has 0 bridgehead atoms. The topological polar surface area (TPSA) is 79.9 Å². The van der Waals surface area contributed by atoms with Crippen molar-refractivity contribution in [3.63, 3.8) is 0 Å². The molecule has 0 spiro atoms. The smallest absolute Gasteiger partial charge is 0.309 e. The summed E-state index contributed by atoms with van der Waals surface area (Å²) in [4.78, 5) is 17.3. The molecule has 1 aromatic heterocycles. The molecule has 0 unspecified atom stereocenters. The van der Waals surface area contributed by atoms with Crippen LogP contribution in [0.1, 0.15) is 11.3 Å². The lowest BCUT2D eigenvalue weighted by atomic mass is 10.2. The molecule has 0 amide bonds. The molecule has 2 heterocycles. The second-order valence-corrected chi connectivity index (χ2v) is 6.42. The minimum absolute atomic E-state index is 0.0616. The first-order valence-electron chi connectivity index (χ1n) is 4.38. The van der Waals surface area contributed by atoms with Crippen LogP contribution in [0.5, 0.6) is 0 Å². The number of sulfone groups is 1. The Morgan fingerprint density at radius 3 is 2.87 bits per heavy atom. The van der Waals surface area contributed by atoms with Crippen LogP contribution in [-0.4, -0.2) is 30.4 Å². The van der Waals surface area contributed by atoms with Crippen LogP contribution in [0, 0.1) is 0 Å². The average Bonchev–Trinajstić information content (AvgIpc) is 2.15. The van der Waals surface area contributed by atoms with Crippen LogP contribution >= 0.6 is 11.8 Å². The van der Waals surface area contributed by atoms with E-state index in [1.165, 1.54) is 0 Å². The van der Waals surface area contributed by atoms with Gasteiger partial charge in [0.05, 0.1) is 0 Å². The second-order valence-electron chi connectivity index (χ2n) is 3.38. The summed E-state index contributed by atoms with van der Waals surface area (Å²) >= 11 is 1.65. The molecular weight excluding hydrogens is 236 g/mol. The quantitative estimate of drug-likeness (QED) is 0.703. The molecule has 0 saturated carbocycles. The van der Waals surface area contributed by atoms with E-state index in [4.69, 9.17) is 0 Å². The lowest BCUT2D eigenvalue weighted by Gasteiger charge is -2.16. The van der Waals surface area contributed by atoms with Gasteiger partial charge in [-0.1, -0.05) is 0 Å². The Labute approximate surface area is 91.2 Å². The van der Waals surface area contributed by atoms with Crippen LogP contribution in [0.25, 0.3) is 0 Å². The Kier molecular flexibility index (Phi) is 2.59. The molecular formula is C8H10N2O3S2. The molecule has 5 nitrogen and oxygen atoms in total. The summed E-state index contributed by atoms with van der Waals surface area (Å²) in [5.74, 6) is 1.50. The van der Waals surface area contributed by atoms with Gasteiger partial charge < -0.3 is 4.98 Å². The van der Waals surface area contributed by atoms with Gasteiger partial charge in [-0.3, -0.25) is 0 Å². The van der Waals surface area contributed by atoms with Gasteiger partial charge in [0.15, 0.2) is 14.9 Å².